The maximum Gasteiger partial charge on any atom is 0.160 e. The van der Waals surface area contributed by atoms with Gasteiger partial charge in [-0.15, -0.1) is 0 Å². The Kier molecular flexibility index (Phi) is 4.22. The van der Waals surface area contributed by atoms with Gasteiger partial charge in [0.05, 0.1) is 12.6 Å². The third kappa shape index (κ3) is 2.80. The number of aromatic nitrogens is 3. The molecule has 5 heteroatoms. The van der Waals surface area contributed by atoms with Crippen molar-refractivity contribution in [3.05, 3.63) is 24.2 Å². The summed E-state index contributed by atoms with van der Waals surface area (Å²) in [6.45, 7) is 7.46. The topological polar surface area (TPSA) is 43.2 Å². The zero-order valence-corrected chi connectivity index (χ0v) is 13.1. The first-order valence-corrected chi connectivity index (χ1v) is 7.75. The van der Waals surface area contributed by atoms with E-state index in [1.807, 2.05) is 18.3 Å². The lowest BCUT2D eigenvalue weighted by Crippen LogP contribution is -2.29. The zero-order chi connectivity index (χ0) is 14.8. The first kappa shape index (κ1) is 14.5. The van der Waals surface area contributed by atoms with E-state index in [1.54, 1.807) is 7.11 Å². The third-order valence-corrected chi connectivity index (χ3v) is 4.34. The van der Waals surface area contributed by atoms with Crippen molar-refractivity contribution in [3.8, 4) is 0 Å². The molecule has 114 valence electrons. The summed E-state index contributed by atoms with van der Waals surface area (Å²) in [5.41, 5.74) is 2.01. The van der Waals surface area contributed by atoms with Crippen LogP contribution in [0.25, 0.3) is 11.2 Å². The van der Waals surface area contributed by atoms with Gasteiger partial charge in [0.2, 0.25) is 0 Å². The van der Waals surface area contributed by atoms with Crippen LogP contribution in [0, 0.1) is 0 Å². The van der Waals surface area contributed by atoms with E-state index < -0.39 is 0 Å². The minimum atomic E-state index is 0.471. The number of nitrogens with zero attached hydrogens (tertiary/aromatic N) is 4. The Balaban J connectivity index is 1.95. The summed E-state index contributed by atoms with van der Waals surface area (Å²) in [6, 6.07) is 5.07. The summed E-state index contributed by atoms with van der Waals surface area (Å²) >= 11 is 0. The van der Waals surface area contributed by atoms with E-state index in [0.29, 0.717) is 18.7 Å². The first-order valence-electron chi connectivity index (χ1n) is 7.75. The monoisotopic (exact) mass is 288 g/mol. The van der Waals surface area contributed by atoms with Crippen LogP contribution in [0.15, 0.2) is 18.3 Å². The second-order valence-electron chi connectivity index (χ2n) is 6.02. The Labute approximate surface area is 125 Å². The molecule has 0 N–H and O–H groups in total. The van der Waals surface area contributed by atoms with Crippen molar-refractivity contribution in [2.45, 2.75) is 38.8 Å². The number of methoxy groups -OCH3 is 1. The number of ether oxygens (including phenoxy) is 1. The van der Waals surface area contributed by atoms with Gasteiger partial charge in [0, 0.05) is 38.9 Å². The molecule has 5 nitrogen and oxygen atoms in total. The van der Waals surface area contributed by atoms with Crippen LogP contribution in [0.5, 0.6) is 0 Å². The van der Waals surface area contributed by atoms with Crippen LogP contribution in [-0.2, 0) is 11.2 Å². The molecule has 1 atom stereocenters. The Morgan fingerprint density at radius 1 is 1.43 bits per heavy atom. The molecular formula is C16H24N4O. The molecule has 0 saturated carbocycles. The van der Waals surface area contributed by atoms with Crippen molar-refractivity contribution < 1.29 is 4.74 Å². The van der Waals surface area contributed by atoms with Crippen molar-refractivity contribution in [1.82, 2.24) is 19.4 Å². The molecule has 2 aromatic rings. The smallest absolute Gasteiger partial charge is 0.160 e. The SMILES string of the molecule is COCCc1nc2cccnc2n1C1CCN(C(C)C)C1. The van der Waals surface area contributed by atoms with E-state index in [4.69, 9.17) is 9.72 Å². The van der Waals surface area contributed by atoms with Crippen molar-refractivity contribution in [2.75, 3.05) is 26.8 Å². The van der Waals surface area contributed by atoms with Crippen molar-refractivity contribution in [1.29, 1.82) is 0 Å². The molecule has 0 aliphatic carbocycles. The quantitative estimate of drug-likeness (QED) is 0.846. The molecule has 0 spiro atoms. The summed E-state index contributed by atoms with van der Waals surface area (Å²) in [7, 11) is 1.74. The maximum absolute atomic E-state index is 5.23. The fourth-order valence-corrected chi connectivity index (χ4v) is 3.18. The van der Waals surface area contributed by atoms with Gasteiger partial charge < -0.3 is 9.30 Å². The molecule has 0 bridgehead atoms. The summed E-state index contributed by atoms with van der Waals surface area (Å²) in [5, 5.41) is 0. The molecule has 1 aliphatic rings. The summed E-state index contributed by atoms with van der Waals surface area (Å²) in [5.74, 6) is 1.10. The molecular weight excluding hydrogens is 264 g/mol. The van der Waals surface area contributed by atoms with Crippen LogP contribution in [0.1, 0.15) is 32.1 Å². The number of imidazole rings is 1. The summed E-state index contributed by atoms with van der Waals surface area (Å²) < 4.78 is 7.58. The van der Waals surface area contributed by atoms with Crippen LogP contribution in [0.3, 0.4) is 0 Å². The largest absolute Gasteiger partial charge is 0.384 e. The number of fused-ring (bicyclic) bond motifs is 1. The normalized spacial score (nSPS) is 19.9. The lowest BCUT2D eigenvalue weighted by molar-refractivity contribution is 0.198. The molecule has 1 fully saturated rings. The van der Waals surface area contributed by atoms with E-state index in [1.165, 1.54) is 6.42 Å². The van der Waals surface area contributed by atoms with Crippen LogP contribution in [0.4, 0.5) is 0 Å². The predicted molar refractivity (Wildman–Crippen MR) is 83.5 cm³/mol. The van der Waals surface area contributed by atoms with Gasteiger partial charge in [0.15, 0.2) is 5.65 Å². The molecule has 1 aliphatic heterocycles. The molecule has 2 aromatic heterocycles. The summed E-state index contributed by atoms with van der Waals surface area (Å²) in [6.07, 6.45) is 3.86. The van der Waals surface area contributed by atoms with E-state index >= 15 is 0 Å². The number of hydrogen-bond donors (Lipinski definition) is 0. The highest BCUT2D eigenvalue weighted by atomic mass is 16.5. The molecule has 3 heterocycles. The van der Waals surface area contributed by atoms with E-state index in [2.05, 4.69) is 28.3 Å². The fraction of sp³-hybridized carbons (Fsp3) is 0.625. The van der Waals surface area contributed by atoms with Gasteiger partial charge >= 0.3 is 0 Å². The Hall–Kier alpha value is -1.46. The van der Waals surface area contributed by atoms with E-state index in [9.17, 15) is 0 Å². The lowest BCUT2D eigenvalue weighted by Gasteiger charge is -2.21. The standard InChI is InChI=1S/C16H24N4O/c1-12(2)19-9-6-13(11-19)20-15(7-10-21-3)18-14-5-4-8-17-16(14)20/h4-5,8,12-13H,6-7,9-11H2,1-3H3. The van der Waals surface area contributed by atoms with Crippen molar-refractivity contribution in [2.24, 2.45) is 0 Å². The molecule has 1 unspecified atom stereocenters. The maximum atomic E-state index is 5.23. The highest BCUT2D eigenvalue weighted by Crippen LogP contribution is 2.28. The van der Waals surface area contributed by atoms with Gasteiger partial charge in [-0.2, -0.15) is 0 Å². The minimum absolute atomic E-state index is 0.471. The van der Waals surface area contributed by atoms with Gasteiger partial charge in [-0.3, -0.25) is 4.90 Å². The van der Waals surface area contributed by atoms with Crippen LogP contribution in [-0.4, -0.2) is 52.3 Å². The zero-order valence-electron chi connectivity index (χ0n) is 13.1. The van der Waals surface area contributed by atoms with E-state index in [0.717, 1.165) is 36.5 Å². The number of pyridine rings is 1. The van der Waals surface area contributed by atoms with Crippen molar-refractivity contribution >= 4 is 11.2 Å². The number of hydrogen-bond acceptors (Lipinski definition) is 4. The molecule has 0 amide bonds. The highest BCUT2D eigenvalue weighted by Gasteiger charge is 2.28. The third-order valence-electron chi connectivity index (χ3n) is 4.34. The van der Waals surface area contributed by atoms with Gasteiger partial charge in [-0.25, -0.2) is 9.97 Å². The molecule has 0 radical (unpaired) electrons. The molecule has 1 saturated heterocycles. The molecule has 0 aromatic carbocycles. The van der Waals surface area contributed by atoms with Crippen molar-refractivity contribution in [3.63, 3.8) is 0 Å². The second kappa shape index (κ2) is 6.12. The molecule has 21 heavy (non-hydrogen) atoms. The highest BCUT2D eigenvalue weighted by molar-refractivity contribution is 5.71. The number of rotatable bonds is 5. The Bertz CT molecular complexity index is 607. The fourth-order valence-electron chi connectivity index (χ4n) is 3.18. The summed E-state index contributed by atoms with van der Waals surface area (Å²) in [4.78, 5) is 11.9. The van der Waals surface area contributed by atoms with Gasteiger partial charge in [0.1, 0.15) is 11.3 Å². The second-order valence-corrected chi connectivity index (χ2v) is 6.02. The van der Waals surface area contributed by atoms with Gasteiger partial charge in [0.25, 0.3) is 0 Å². The van der Waals surface area contributed by atoms with Gasteiger partial charge in [-0.05, 0) is 32.4 Å². The average Bonchev–Trinajstić information content (AvgIpc) is 3.08. The van der Waals surface area contributed by atoms with Crippen LogP contribution >= 0.6 is 0 Å². The van der Waals surface area contributed by atoms with E-state index in [-0.39, 0.29) is 0 Å². The predicted octanol–water partition coefficient (Wildman–Crippen LogP) is 2.28. The number of likely N-dealkylation sites (tertiary alicyclic amines) is 1. The molecule has 3 rings (SSSR count). The van der Waals surface area contributed by atoms with Crippen LogP contribution < -0.4 is 0 Å². The van der Waals surface area contributed by atoms with Crippen LogP contribution in [0.2, 0.25) is 0 Å². The first-order chi connectivity index (χ1) is 10.2. The lowest BCUT2D eigenvalue weighted by atomic mass is 10.2. The van der Waals surface area contributed by atoms with Gasteiger partial charge in [-0.1, -0.05) is 0 Å². The Morgan fingerprint density at radius 2 is 2.29 bits per heavy atom. The average molecular weight is 288 g/mol. The minimum Gasteiger partial charge on any atom is -0.384 e. The Morgan fingerprint density at radius 3 is 3.00 bits per heavy atom.